The van der Waals surface area contributed by atoms with Crippen molar-refractivity contribution in [3.05, 3.63) is 47.8 Å². The van der Waals surface area contributed by atoms with Crippen LogP contribution in [0.4, 0.5) is 0 Å². The first kappa shape index (κ1) is 18.7. The van der Waals surface area contributed by atoms with Crippen molar-refractivity contribution in [2.75, 3.05) is 6.61 Å². The number of aromatic nitrogens is 2. The maximum absolute atomic E-state index is 11.7. The van der Waals surface area contributed by atoms with E-state index in [-0.39, 0.29) is 24.3 Å². The van der Waals surface area contributed by atoms with Crippen molar-refractivity contribution in [2.45, 2.75) is 52.4 Å². The smallest absolute Gasteiger partial charge is 0.462 e. The first-order valence-corrected chi connectivity index (χ1v) is 8.86. The molecule has 0 aliphatic carbocycles. The van der Waals surface area contributed by atoms with E-state index >= 15 is 0 Å². The summed E-state index contributed by atoms with van der Waals surface area (Å²) in [5, 5.41) is 4.22. The van der Waals surface area contributed by atoms with Crippen LogP contribution in [0.25, 0.3) is 0 Å². The summed E-state index contributed by atoms with van der Waals surface area (Å²) in [6.07, 6.45) is 3.22. The molecule has 26 heavy (non-hydrogen) atoms. The van der Waals surface area contributed by atoms with Crippen LogP contribution in [-0.2, 0) is 20.6 Å². The van der Waals surface area contributed by atoms with Crippen molar-refractivity contribution < 1.29 is 18.8 Å². The minimum absolute atomic E-state index is 0.352. The highest BCUT2D eigenvalue weighted by atomic mass is 16.7. The molecule has 1 aromatic carbocycles. The molecule has 1 saturated heterocycles. The van der Waals surface area contributed by atoms with Gasteiger partial charge in [0.2, 0.25) is 0 Å². The Labute approximate surface area is 154 Å². The van der Waals surface area contributed by atoms with Gasteiger partial charge in [0.15, 0.2) is 0 Å². The largest absolute Gasteiger partial charge is 0.494 e. The molecule has 1 aliphatic heterocycles. The van der Waals surface area contributed by atoms with Crippen LogP contribution >= 0.6 is 0 Å². The van der Waals surface area contributed by atoms with Crippen molar-refractivity contribution in [3.63, 3.8) is 0 Å². The Bertz CT molecular complexity index is 767. The predicted molar refractivity (Wildman–Crippen MR) is 99.4 cm³/mol. The molecular formula is C19H25BN2O4. The SMILES string of the molecule is CCOC(=O)c1cnn(Cc2ccc(B3OC(C)(C)C(C)(C)O3)cc2)c1. The first-order valence-electron chi connectivity index (χ1n) is 8.86. The second-order valence-corrected chi connectivity index (χ2v) is 7.48. The van der Waals surface area contributed by atoms with Crippen LogP contribution in [0, 0.1) is 0 Å². The molecule has 6 nitrogen and oxygen atoms in total. The van der Waals surface area contributed by atoms with Crippen LogP contribution < -0.4 is 5.46 Å². The Morgan fingerprint density at radius 1 is 1.15 bits per heavy atom. The van der Waals surface area contributed by atoms with Gasteiger partial charge in [0.05, 0.1) is 36.1 Å². The average Bonchev–Trinajstić information content (AvgIpc) is 3.11. The van der Waals surface area contributed by atoms with Crippen LogP contribution in [-0.4, -0.2) is 40.7 Å². The normalized spacial score (nSPS) is 18.1. The molecule has 2 aromatic rings. The number of rotatable bonds is 5. The van der Waals surface area contributed by atoms with Gasteiger partial charge in [0.1, 0.15) is 0 Å². The highest BCUT2D eigenvalue weighted by Crippen LogP contribution is 2.36. The summed E-state index contributed by atoms with van der Waals surface area (Å²) in [7, 11) is -0.367. The van der Waals surface area contributed by atoms with E-state index in [2.05, 4.69) is 5.10 Å². The highest BCUT2D eigenvalue weighted by molar-refractivity contribution is 6.62. The third-order valence-corrected chi connectivity index (χ3v) is 4.99. The summed E-state index contributed by atoms with van der Waals surface area (Å²) in [4.78, 5) is 11.7. The minimum Gasteiger partial charge on any atom is -0.462 e. The van der Waals surface area contributed by atoms with Gasteiger partial charge in [-0.2, -0.15) is 5.10 Å². The van der Waals surface area contributed by atoms with E-state index in [0.29, 0.717) is 18.7 Å². The van der Waals surface area contributed by atoms with Gasteiger partial charge in [-0.25, -0.2) is 4.79 Å². The molecule has 1 aromatic heterocycles. The van der Waals surface area contributed by atoms with Crippen LogP contribution in [0.15, 0.2) is 36.7 Å². The van der Waals surface area contributed by atoms with Gasteiger partial charge in [-0.05, 0) is 45.6 Å². The Morgan fingerprint density at radius 2 is 1.77 bits per heavy atom. The lowest BCUT2D eigenvalue weighted by Gasteiger charge is -2.32. The molecule has 0 unspecified atom stereocenters. The number of nitrogens with zero attached hydrogens (tertiary/aromatic N) is 2. The Kier molecular flexibility index (Phi) is 4.95. The summed E-state index contributed by atoms with van der Waals surface area (Å²) in [5.41, 5.74) is 1.81. The molecular weight excluding hydrogens is 331 g/mol. The van der Waals surface area contributed by atoms with Gasteiger partial charge in [-0.1, -0.05) is 24.3 Å². The third kappa shape index (κ3) is 3.69. The zero-order valence-electron chi connectivity index (χ0n) is 16.0. The predicted octanol–water partition coefficient (Wildman–Crippen LogP) is 2.41. The molecule has 1 aliphatic rings. The summed E-state index contributed by atoms with van der Waals surface area (Å²) >= 11 is 0. The van der Waals surface area contributed by atoms with E-state index in [0.717, 1.165) is 11.0 Å². The van der Waals surface area contributed by atoms with Crippen molar-refractivity contribution in [1.29, 1.82) is 0 Å². The number of carbonyl (C=O) groups is 1. The molecule has 1 fully saturated rings. The molecule has 138 valence electrons. The average molecular weight is 356 g/mol. The number of hydrogen-bond acceptors (Lipinski definition) is 5. The van der Waals surface area contributed by atoms with Crippen molar-refractivity contribution in [2.24, 2.45) is 0 Å². The van der Waals surface area contributed by atoms with Gasteiger partial charge in [0, 0.05) is 6.20 Å². The fraction of sp³-hybridized carbons (Fsp3) is 0.474. The van der Waals surface area contributed by atoms with E-state index in [9.17, 15) is 4.79 Å². The van der Waals surface area contributed by atoms with Gasteiger partial charge in [0.25, 0.3) is 0 Å². The zero-order chi connectivity index (χ0) is 18.9. The van der Waals surface area contributed by atoms with Gasteiger partial charge in [-0.3, -0.25) is 4.68 Å². The quantitative estimate of drug-likeness (QED) is 0.608. The molecule has 0 amide bonds. The number of ether oxygens (including phenoxy) is 1. The van der Waals surface area contributed by atoms with Crippen LogP contribution in [0.1, 0.15) is 50.5 Å². The number of esters is 1. The molecule has 0 N–H and O–H groups in total. The lowest BCUT2D eigenvalue weighted by atomic mass is 9.79. The molecule has 2 heterocycles. The lowest BCUT2D eigenvalue weighted by molar-refractivity contribution is 0.00578. The topological polar surface area (TPSA) is 62.6 Å². The maximum atomic E-state index is 11.7. The Hall–Kier alpha value is -2.12. The first-order chi connectivity index (χ1) is 12.2. The molecule has 7 heteroatoms. The zero-order valence-corrected chi connectivity index (χ0v) is 16.0. The van der Waals surface area contributed by atoms with Crippen molar-refractivity contribution >= 4 is 18.6 Å². The fourth-order valence-electron chi connectivity index (χ4n) is 2.72. The van der Waals surface area contributed by atoms with Crippen molar-refractivity contribution in [3.8, 4) is 0 Å². The summed E-state index contributed by atoms with van der Waals surface area (Å²) in [6.45, 7) is 10.9. The van der Waals surface area contributed by atoms with Crippen LogP contribution in [0.3, 0.4) is 0 Å². The monoisotopic (exact) mass is 356 g/mol. The molecule has 0 saturated carbocycles. The lowest BCUT2D eigenvalue weighted by Crippen LogP contribution is -2.41. The number of benzene rings is 1. The Balaban J connectivity index is 1.66. The van der Waals surface area contributed by atoms with E-state index in [1.54, 1.807) is 17.8 Å². The van der Waals surface area contributed by atoms with Gasteiger partial charge < -0.3 is 14.0 Å². The second kappa shape index (κ2) is 6.89. The van der Waals surface area contributed by atoms with E-state index in [1.165, 1.54) is 6.20 Å². The molecule has 3 rings (SSSR count). The summed E-state index contributed by atoms with van der Waals surface area (Å²) in [5.74, 6) is -0.352. The van der Waals surface area contributed by atoms with Crippen LogP contribution in [0.2, 0.25) is 0 Å². The third-order valence-electron chi connectivity index (χ3n) is 4.99. The summed E-state index contributed by atoms with van der Waals surface area (Å²) in [6, 6.07) is 8.05. The molecule has 0 bridgehead atoms. The van der Waals surface area contributed by atoms with Crippen LogP contribution in [0.5, 0.6) is 0 Å². The summed E-state index contributed by atoms with van der Waals surface area (Å²) < 4.78 is 18.8. The van der Waals surface area contributed by atoms with E-state index < -0.39 is 0 Å². The van der Waals surface area contributed by atoms with Crippen molar-refractivity contribution in [1.82, 2.24) is 9.78 Å². The highest BCUT2D eigenvalue weighted by Gasteiger charge is 2.51. The Morgan fingerprint density at radius 3 is 2.35 bits per heavy atom. The number of carbonyl (C=O) groups excluding carboxylic acids is 1. The van der Waals surface area contributed by atoms with E-state index in [4.69, 9.17) is 14.0 Å². The second-order valence-electron chi connectivity index (χ2n) is 7.48. The molecule has 0 spiro atoms. The number of hydrogen-bond donors (Lipinski definition) is 0. The van der Waals surface area contributed by atoms with E-state index in [1.807, 2.05) is 52.0 Å². The standard InChI is InChI=1S/C19H25BN2O4/c1-6-24-17(23)15-11-21-22(13-15)12-14-7-9-16(10-8-14)20-25-18(2,3)19(4,5)26-20/h7-11,13H,6,12H2,1-5H3. The van der Waals surface area contributed by atoms with Gasteiger partial charge in [-0.15, -0.1) is 0 Å². The molecule has 0 radical (unpaired) electrons. The maximum Gasteiger partial charge on any atom is 0.494 e. The fourth-order valence-corrected chi connectivity index (χ4v) is 2.72. The molecule has 0 atom stereocenters. The van der Waals surface area contributed by atoms with Gasteiger partial charge >= 0.3 is 13.1 Å². The minimum atomic E-state index is -0.367.